The number of amides is 1. The van der Waals surface area contributed by atoms with E-state index in [1.54, 1.807) is 12.1 Å². The van der Waals surface area contributed by atoms with Gasteiger partial charge in [0.25, 0.3) is 0 Å². The Morgan fingerprint density at radius 3 is 2.65 bits per heavy atom. The number of nitrogens with one attached hydrogen (secondary N) is 1. The van der Waals surface area contributed by atoms with Crippen molar-refractivity contribution in [3.05, 3.63) is 23.8 Å². The summed E-state index contributed by atoms with van der Waals surface area (Å²) in [7, 11) is 0. The van der Waals surface area contributed by atoms with Gasteiger partial charge in [0.05, 0.1) is 11.3 Å². The summed E-state index contributed by atoms with van der Waals surface area (Å²) in [5.74, 6) is -0.510. The van der Waals surface area contributed by atoms with E-state index in [-0.39, 0.29) is 11.5 Å². The zero-order valence-corrected chi connectivity index (χ0v) is 11.8. The Morgan fingerprint density at radius 2 is 2.10 bits per heavy atom. The third-order valence-electron chi connectivity index (χ3n) is 3.54. The highest BCUT2D eigenvalue weighted by Gasteiger charge is 2.28. The van der Waals surface area contributed by atoms with Gasteiger partial charge >= 0.3 is 5.97 Å². The van der Waals surface area contributed by atoms with E-state index in [9.17, 15) is 14.7 Å². The van der Waals surface area contributed by atoms with E-state index in [4.69, 9.17) is 0 Å². The van der Waals surface area contributed by atoms with Crippen LogP contribution in [0.2, 0.25) is 0 Å². The highest BCUT2D eigenvalue weighted by Crippen LogP contribution is 2.31. The van der Waals surface area contributed by atoms with Crippen LogP contribution in [0, 0.1) is 5.92 Å². The molecule has 0 aliphatic carbocycles. The van der Waals surface area contributed by atoms with Crippen molar-refractivity contribution in [1.82, 2.24) is 0 Å². The lowest BCUT2D eigenvalue weighted by Gasteiger charge is -2.41. The molecule has 1 fully saturated rings. The number of hydrogen-bond acceptors (Lipinski definition) is 3. The number of carbonyl (C=O) groups is 2. The van der Waals surface area contributed by atoms with Crippen LogP contribution in [-0.4, -0.2) is 30.1 Å². The van der Waals surface area contributed by atoms with Crippen molar-refractivity contribution >= 4 is 23.3 Å². The van der Waals surface area contributed by atoms with Crippen LogP contribution in [0.25, 0.3) is 0 Å². The second kappa shape index (κ2) is 5.94. The molecule has 108 valence electrons. The van der Waals surface area contributed by atoms with Crippen LogP contribution in [0.15, 0.2) is 18.2 Å². The highest BCUT2D eigenvalue weighted by molar-refractivity contribution is 5.97. The average molecular weight is 276 g/mol. The average Bonchev–Trinajstić information content (AvgIpc) is 2.33. The van der Waals surface area contributed by atoms with E-state index in [1.807, 2.05) is 0 Å². The van der Waals surface area contributed by atoms with Gasteiger partial charge in [-0.05, 0) is 30.5 Å². The number of anilines is 2. The molecule has 1 aromatic rings. The minimum Gasteiger partial charge on any atom is -0.478 e. The Morgan fingerprint density at radius 1 is 1.40 bits per heavy atom. The molecule has 5 heteroatoms. The number of carboxylic acid groups (broad SMARTS) is 1. The van der Waals surface area contributed by atoms with Crippen LogP contribution in [0.4, 0.5) is 11.4 Å². The predicted molar refractivity (Wildman–Crippen MR) is 78.3 cm³/mol. The number of carboxylic acids is 1. The van der Waals surface area contributed by atoms with Crippen molar-refractivity contribution in [2.75, 3.05) is 23.3 Å². The van der Waals surface area contributed by atoms with Crippen molar-refractivity contribution in [3.8, 4) is 0 Å². The molecular formula is C15H20N2O3. The maximum Gasteiger partial charge on any atom is 0.337 e. The van der Waals surface area contributed by atoms with Crippen LogP contribution < -0.4 is 10.2 Å². The molecule has 1 heterocycles. The smallest absolute Gasteiger partial charge is 0.337 e. The van der Waals surface area contributed by atoms with Crippen LogP contribution in [-0.2, 0) is 4.79 Å². The number of benzene rings is 1. The van der Waals surface area contributed by atoms with Crippen molar-refractivity contribution in [2.45, 2.75) is 26.7 Å². The molecule has 0 spiro atoms. The lowest BCUT2D eigenvalue weighted by atomic mass is 9.93. The number of rotatable bonds is 5. The molecule has 0 saturated carbocycles. The Hall–Kier alpha value is -2.04. The summed E-state index contributed by atoms with van der Waals surface area (Å²) < 4.78 is 0. The molecule has 0 radical (unpaired) electrons. The summed E-state index contributed by atoms with van der Waals surface area (Å²) >= 11 is 0. The third-order valence-corrected chi connectivity index (χ3v) is 3.54. The van der Waals surface area contributed by atoms with Gasteiger partial charge in [0.1, 0.15) is 0 Å². The second-order valence-corrected chi connectivity index (χ2v) is 5.28. The molecule has 2 N–H and O–H groups in total. The maximum absolute atomic E-state index is 11.4. The molecule has 0 bridgehead atoms. The van der Waals surface area contributed by atoms with E-state index in [2.05, 4.69) is 17.1 Å². The van der Waals surface area contributed by atoms with E-state index < -0.39 is 5.97 Å². The van der Waals surface area contributed by atoms with Crippen molar-refractivity contribution < 1.29 is 14.7 Å². The van der Waals surface area contributed by atoms with Gasteiger partial charge in [-0.25, -0.2) is 4.79 Å². The first-order valence-electron chi connectivity index (χ1n) is 6.91. The zero-order chi connectivity index (χ0) is 14.7. The molecule has 1 aliphatic rings. The molecule has 1 aliphatic heterocycles. The van der Waals surface area contributed by atoms with Gasteiger partial charge in [0.15, 0.2) is 0 Å². The maximum atomic E-state index is 11.4. The quantitative estimate of drug-likeness (QED) is 0.867. The van der Waals surface area contributed by atoms with E-state index in [0.717, 1.165) is 25.2 Å². The van der Waals surface area contributed by atoms with Crippen LogP contribution in [0.3, 0.4) is 0 Å². The van der Waals surface area contributed by atoms with Crippen molar-refractivity contribution in [3.63, 3.8) is 0 Å². The normalized spacial score (nSPS) is 14.8. The van der Waals surface area contributed by atoms with Gasteiger partial charge in [-0.1, -0.05) is 13.3 Å². The molecule has 0 atom stereocenters. The monoisotopic (exact) mass is 276 g/mol. The lowest BCUT2D eigenvalue weighted by molar-refractivity contribution is -0.114. The molecule has 1 amide bonds. The summed E-state index contributed by atoms with van der Waals surface area (Å²) in [5.41, 5.74) is 1.49. The Balaban J connectivity index is 2.17. The number of nitrogens with zero attached hydrogens (tertiary/aromatic N) is 1. The molecular weight excluding hydrogens is 256 g/mol. The minimum absolute atomic E-state index is 0.207. The molecule has 0 aromatic heterocycles. The largest absolute Gasteiger partial charge is 0.478 e. The SMILES string of the molecule is CCCC1CN(c2ccc(NC(C)=O)cc2C(=O)O)C1. The molecule has 1 saturated heterocycles. The minimum atomic E-state index is -0.967. The molecule has 1 aromatic carbocycles. The van der Waals surface area contributed by atoms with Gasteiger partial charge in [-0.2, -0.15) is 0 Å². The first-order valence-corrected chi connectivity index (χ1v) is 6.91. The Labute approximate surface area is 118 Å². The summed E-state index contributed by atoms with van der Waals surface area (Å²) in [4.78, 5) is 24.5. The van der Waals surface area contributed by atoms with Gasteiger partial charge in [-0.3, -0.25) is 4.79 Å². The fourth-order valence-electron chi connectivity index (χ4n) is 2.62. The molecule has 20 heavy (non-hydrogen) atoms. The van der Waals surface area contributed by atoms with Gasteiger partial charge < -0.3 is 15.3 Å². The number of hydrogen-bond donors (Lipinski definition) is 2. The van der Waals surface area contributed by atoms with Crippen molar-refractivity contribution in [2.24, 2.45) is 5.92 Å². The lowest BCUT2D eigenvalue weighted by Crippen LogP contribution is -2.47. The fraction of sp³-hybridized carbons (Fsp3) is 0.467. The standard InChI is InChI=1S/C15H20N2O3/c1-3-4-11-8-17(9-11)14-6-5-12(16-10(2)18)7-13(14)15(19)20/h5-7,11H,3-4,8-9H2,1-2H3,(H,16,18)(H,19,20). The van der Waals surface area contributed by atoms with Gasteiger partial charge in [0.2, 0.25) is 5.91 Å². The first kappa shape index (κ1) is 14.4. The van der Waals surface area contributed by atoms with E-state index in [1.165, 1.54) is 19.4 Å². The summed E-state index contributed by atoms with van der Waals surface area (Å²) in [6.45, 7) is 5.38. The second-order valence-electron chi connectivity index (χ2n) is 5.28. The fourth-order valence-corrected chi connectivity index (χ4v) is 2.62. The topological polar surface area (TPSA) is 69.6 Å². The van der Waals surface area contributed by atoms with Crippen LogP contribution in [0.1, 0.15) is 37.0 Å². The first-order chi connectivity index (χ1) is 9.51. The van der Waals surface area contributed by atoms with E-state index >= 15 is 0 Å². The Kier molecular flexibility index (Phi) is 4.27. The predicted octanol–water partition coefficient (Wildman–Crippen LogP) is 2.58. The third kappa shape index (κ3) is 3.10. The van der Waals surface area contributed by atoms with Gasteiger partial charge in [-0.15, -0.1) is 0 Å². The van der Waals surface area contributed by atoms with Crippen LogP contribution in [0.5, 0.6) is 0 Å². The summed E-state index contributed by atoms with van der Waals surface area (Å²) in [5, 5.41) is 11.9. The molecule has 0 unspecified atom stereocenters. The van der Waals surface area contributed by atoms with Gasteiger partial charge in [0, 0.05) is 25.7 Å². The molecule has 5 nitrogen and oxygen atoms in total. The number of aromatic carboxylic acids is 1. The number of carbonyl (C=O) groups excluding carboxylic acids is 1. The highest BCUT2D eigenvalue weighted by atomic mass is 16.4. The summed E-state index contributed by atoms with van der Waals surface area (Å²) in [6, 6.07) is 5.04. The van der Waals surface area contributed by atoms with Crippen LogP contribution >= 0.6 is 0 Å². The Bertz CT molecular complexity index is 522. The van der Waals surface area contributed by atoms with Crippen molar-refractivity contribution in [1.29, 1.82) is 0 Å². The van der Waals surface area contributed by atoms with E-state index in [0.29, 0.717) is 11.6 Å². The summed E-state index contributed by atoms with van der Waals surface area (Å²) in [6.07, 6.45) is 2.34. The molecule has 2 rings (SSSR count). The zero-order valence-electron chi connectivity index (χ0n) is 11.8.